The highest BCUT2D eigenvalue weighted by atomic mass is 32.2. The monoisotopic (exact) mass is 362 g/mol. The van der Waals surface area contributed by atoms with Gasteiger partial charge in [0, 0.05) is 35.1 Å². The van der Waals surface area contributed by atoms with E-state index >= 15 is 0 Å². The first-order chi connectivity index (χ1) is 12.7. The zero-order valence-corrected chi connectivity index (χ0v) is 15.6. The van der Waals surface area contributed by atoms with Gasteiger partial charge in [-0.05, 0) is 30.5 Å². The van der Waals surface area contributed by atoms with E-state index in [2.05, 4.69) is 47.5 Å². The number of H-pyrrole nitrogens is 1. The number of benzene rings is 2. The zero-order chi connectivity index (χ0) is 17.9. The Morgan fingerprint density at radius 1 is 1.12 bits per heavy atom. The highest BCUT2D eigenvalue weighted by Gasteiger charge is 2.24. The van der Waals surface area contributed by atoms with Crippen LogP contribution in [0, 0.1) is 0 Å². The topological polar surface area (TPSA) is 36.1 Å². The van der Waals surface area contributed by atoms with Crippen LogP contribution in [-0.2, 0) is 4.79 Å². The van der Waals surface area contributed by atoms with E-state index in [0.717, 1.165) is 23.4 Å². The fourth-order valence-corrected chi connectivity index (χ4v) is 4.49. The van der Waals surface area contributed by atoms with Crippen molar-refractivity contribution in [2.45, 2.75) is 23.5 Å². The molecule has 0 fully saturated rings. The number of nitrogens with one attached hydrogen (secondary N) is 1. The molecule has 1 N–H and O–H groups in total. The predicted molar refractivity (Wildman–Crippen MR) is 109 cm³/mol. The first-order valence-corrected chi connectivity index (χ1v) is 9.86. The molecule has 26 heavy (non-hydrogen) atoms. The summed E-state index contributed by atoms with van der Waals surface area (Å²) in [4.78, 5) is 19.3. The molecule has 2 heterocycles. The molecule has 4 rings (SSSR count). The van der Waals surface area contributed by atoms with Crippen molar-refractivity contribution in [1.82, 2.24) is 9.88 Å². The lowest BCUT2D eigenvalue weighted by Gasteiger charge is -2.29. The number of hydrogen-bond acceptors (Lipinski definition) is 2. The molecule has 132 valence electrons. The summed E-state index contributed by atoms with van der Waals surface area (Å²) in [6.07, 6.45) is 5.11. The molecule has 0 saturated carbocycles. The molecule has 2 aromatic carbocycles. The van der Waals surface area contributed by atoms with Crippen LogP contribution in [-0.4, -0.2) is 34.1 Å². The molecule has 1 amide bonds. The third kappa shape index (κ3) is 3.42. The minimum Gasteiger partial charge on any atom is -0.360 e. The number of carbonyl (C=O) groups excluding carboxylic acids is 1. The lowest BCUT2D eigenvalue weighted by Crippen LogP contribution is -2.39. The molecular formula is C22H22N2OS. The molecule has 0 bridgehead atoms. The Morgan fingerprint density at radius 3 is 2.65 bits per heavy atom. The number of amides is 1. The van der Waals surface area contributed by atoms with Crippen molar-refractivity contribution in [3.05, 3.63) is 72.4 Å². The van der Waals surface area contributed by atoms with Gasteiger partial charge in [-0.1, -0.05) is 54.6 Å². The fraction of sp³-hybridized carbons (Fsp3) is 0.227. The van der Waals surface area contributed by atoms with Crippen molar-refractivity contribution in [1.29, 1.82) is 0 Å². The Kier molecular flexibility index (Phi) is 4.85. The smallest absolute Gasteiger partial charge is 0.236 e. The summed E-state index contributed by atoms with van der Waals surface area (Å²) in [5, 5.41) is 1.09. The lowest BCUT2D eigenvalue weighted by atomic mass is 9.99. The second kappa shape index (κ2) is 7.42. The highest BCUT2D eigenvalue weighted by Crippen LogP contribution is 2.32. The van der Waals surface area contributed by atoms with Gasteiger partial charge < -0.3 is 9.88 Å². The summed E-state index contributed by atoms with van der Waals surface area (Å²) in [5.74, 6) is 0.212. The number of carbonyl (C=O) groups is 1. The van der Waals surface area contributed by atoms with Crippen molar-refractivity contribution in [2.24, 2.45) is 0 Å². The summed E-state index contributed by atoms with van der Waals surface area (Å²) >= 11 is 1.64. The first kappa shape index (κ1) is 17.0. The minimum absolute atomic E-state index is 0.0964. The maximum Gasteiger partial charge on any atom is 0.236 e. The minimum atomic E-state index is -0.0964. The van der Waals surface area contributed by atoms with Crippen LogP contribution in [0.4, 0.5) is 0 Å². The summed E-state index contributed by atoms with van der Waals surface area (Å²) in [5.41, 5.74) is 3.72. The second-order valence-electron chi connectivity index (χ2n) is 6.59. The molecule has 1 aliphatic rings. The third-order valence-corrected chi connectivity index (χ3v) is 6.02. The predicted octanol–water partition coefficient (Wildman–Crippen LogP) is 4.96. The summed E-state index contributed by atoms with van der Waals surface area (Å²) in [6, 6.07) is 18.7. The van der Waals surface area contributed by atoms with Crippen LogP contribution < -0.4 is 0 Å². The van der Waals surface area contributed by atoms with Crippen LogP contribution in [0.25, 0.3) is 16.5 Å². The molecule has 4 heteroatoms. The second-order valence-corrected chi connectivity index (χ2v) is 7.97. The van der Waals surface area contributed by atoms with Gasteiger partial charge in [0.05, 0.1) is 5.25 Å². The van der Waals surface area contributed by atoms with Gasteiger partial charge in [-0.3, -0.25) is 4.79 Å². The molecule has 1 unspecified atom stereocenters. The number of fused-ring (bicyclic) bond motifs is 1. The zero-order valence-electron chi connectivity index (χ0n) is 14.8. The SMILES string of the molecule is CC(Sc1c[nH]c2ccccc12)C(=O)N1CC=C(c2ccccc2)CC1. The van der Waals surface area contributed by atoms with Crippen molar-refractivity contribution in [3.63, 3.8) is 0 Å². The molecule has 0 spiro atoms. The normalized spacial score (nSPS) is 15.7. The van der Waals surface area contributed by atoms with Crippen LogP contribution in [0.5, 0.6) is 0 Å². The van der Waals surface area contributed by atoms with Gasteiger partial charge in [-0.25, -0.2) is 0 Å². The molecule has 1 aromatic heterocycles. The summed E-state index contributed by atoms with van der Waals surface area (Å²) < 4.78 is 0. The Balaban J connectivity index is 1.42. The maximum atomic E-state index is 12.9. The van der Waals surface area contributed by atoms with E-state index < -0.39 is 0 Å². The van der Waals surface area contributed by atoms with E-state index in [0.29, 0.717) is 6.54 Å². The van der Waals surface area contributed by atoms with Crippen LogP contribution in [0.1, 0.15) is 18.9 Å². The van der Waals surface area contributed by atoms with Crippen molar-refractivity contribution >= 4 is 34.1 Å². The molecule has 0 saturated heterocycles. The van der Waals surface area contributed by atoms with Gasteiger partial charge >= 0.3 is 0 Å². The third-order valence-electron chi connectivity index (χ3n) is 4.87. The number of para-hydroxylation sites is 1. The molecule has 0 radical (unpaired) electrons. The molecule has 0 aliphatic carbocycles. The van der Waals surface area contributed by atoms with E-state index in [4.69, 9.17) is 0 Å². The standard InChI is InChI=1S/C22H22N2OS/c1-16(26-21-15-23-20-10-6-5-9-19(20)21)22(25)24-13-11-18(12-14-24)17-7-3-2-4-8-17/h2-11,15-16,23H,12-14H2,1H3. The number of thioether (sulfide) groups is 1. The Bertz CT molecular complexity index is 945. The van der Waals surface area contributed by atoms with E-state index in [1.807, 2.05) is 36.2 Å². The van der Waals surface area contributed by atoms with Gasteiger partial charge in [0.15, 0.2) is 0 Å². The van der Waals surface area contributed by atoms with Crippen molar-refractivity contribution in [2.75, 3.05) is 13.1 Å². The quantitative estimate of drug-likeness (QED) is 0.666. The summed E-state index contributed by atoms with van der Waals surface area (Å²) in [7, 11) is 0. The van der Waals surface area contributed by atoms with Crippen LogP contribution in [0.2, 0.25) is 0 Å². The van der Waals surface area contributed by atoms with Gasteiger partial charge in [0.1, 0.15) is 0 Å². The van der Waals surface area contributed by atoms with Gasteiger partial charge in [-0.15, -0.1) is 11.8 Å². The van der Waals surface area contributed by atoms with E-state index in [-0.39, 0.29) is 11.2 Å². The average Bonchev–Trinajstić information content (AvgIpc) is 3.11. The summed E-state index contributed by atoms with van der Waals surface area (Å²) in [6.45, 7) is 3.49. The number of aromatic nitrogens is 1. The largest absolute Gasteiger partial charge is 0.360 e. The molecule has 1 aliphatic heterocycles. The maximum absolute atomic E-state index is 12.9. The molecule has 1 atom stereocenters. The van der Waals surface area contributed by atoms with Crippen LogP contribution >= 0.6 is 11.8 Å². The van der Waals surface area contributed by atoms with Gasteiger partial charge in [-0.2, -0.15) is 0 Å². The first-order valence-electron chi connectivity index (χ1n) is 8.98. The molecular weight excluding hydrogens is 340 g/mol. The number of nitrogens with zero attached hydrogens (tertiary/aromatic N) is 1. The average molecular weight is 362 g/mol. The van der Waals surface area contributed by atoms with Crippen LogP contribution in [0.15, 0.2) is 71.8 Å². The Labute approximate surface area is 158 Å². The molecule has 3 nitrogen and oxygen atoms in total. The fourth-order valence-electron chi connectivity index (χ4n) is 3.42. The van der Waals surface area contributed by atoms with E-state index in [1.54, 1.807) is 11.8 Å². The Morgan fingerprint density at radius 2 is 1.88 bits per heavy atom. The van der Waals surface area contributed by atoms with Crippen molar-refractivity contribution in [3.8, 4) is 0 Å². The van der Waals surface area contributed by atoms with Gasteiger partial charge in [0.2, 0.25) is 5.91 Å². The van der Waals surface area contributed by atoms with Gasteiger partial charge in [0.25, 0.3) is 0 Å². The number of rotatable bonds is 4. The van der Waals surface area contributed by atoms with E-state index in [9.17, 15) is 4.79 Å². The molecule has 3 aromatic rings. The Hall–Kier alpha value is -2.46. The number of hydrogen-bond donors (Lipinski definition) is 1. The number of aromatic amines is 1. The lowest BCUT2D eigenvalue weighted by molar-refractivity contribution is -0.129. The van der Waals surface area contributed by atoms with Crippen molar-refractivity contribution < 1.29 is 4.79 Å². The van der Waals surface area contributed by atoms with Crippen LogP contribution in [0.3, 0.4) is 0 Å². The highest BCUT2D eigenvalue weighted by molar-refractivity contribution is 8.00. The van der Waals surface area contributed by atoms with E-state index in [1.165, 1.54) is 16.5 Å².